The van der Waals surface area contributed by atoms with Gasteiger partial charge in [-0.05, 0) is 25.1 Å². The van der Waals surface area contributed by atoms with Crippen LogP contribution in [0.2, 0.25) is 0 Å². The van der Waals surface area contributed by atoms with Gasteiger partial charge in [-0.25, -0.2) is 0 Å². The van der Waals surface area contributed by atoms with Crippen molar-refractivity contribution in [3.8, 4) is 5.75 Å². The molecule has 2 rings (SSSR count). The largest absolute Gasteiger partial charge is 0.497 e. The molecule has 0 amide bonds. The number of rotatable bonds is 2. The Balaban J connectivity index is 2.71. The second-order valence-electron chi connectivity index (χ2n) is 3.30. The van der Waals surface area contributed by atoms with Crippen LogP contribution in [0.5, 0.6) is 5.75 Å². The quantitative estimate of drug-likeness (QED) is 0.762. The SMILES string of the molecule is COc1ccc2[nH]c(C)c(CO)c2c1. The number of benzene rings is 1. The summed E-state index contributed by atoms with van der Waals surface area (Å²) in [7, 11) is 1.64. The fourth-order valence-corrected chi connectivity index (χ4v) is 1.69. The van der Waals surface area contributed by atoms with Gasteiger partial charge in [-0.3, -0.25) is 0 Å². The standard InChI is InChI=1S/C11H13NO2/c1-7-10(6-13)9-5-8(14-2)3-4-11(9)12-7/h3-5,12-13H,6H2,1-2H3. The van der Waals surface area contributed by atoms with Gasteiger partial charge in [0, 0.05) is 22.2 Å². The number of aryl methyl sites for hydroxylation is 1. The highest BCUT2D eigenvalue weighted by Gasteiger charge is 2.07. The number of aromatic amines is 1. The first-order valence-electron chi connectivity index (χ1n) is 4.52. The molecule has 3 nitrogen and oxygen atoms in total. The van der Waals surface area contributed by atoms with Gasteiger partial charge in [-0.15, -0.1) is 0 Å². The maximum Gasteiger partial charge on any atom is 0.119 e. The predicted molar refractivity (Wildman–Crippen MR) is 55.5 cm³/mol. The van der Waals surface area contributed by atoms with Crippen molar-refractivity contribution >= 4 is 10.9 Å². The zero-order valence-corrected chi connectivity index (χ0v) is 8.29. The van der Waals surface area contributed by atoms with Gasteiger partial charge in [0.2, 0.25) is 0 Å². The lowest BCUT2D eigenvalue weighted by Crippen LogP contribution is -1.85. The van der Waals surface area contributed by atoms with Gasteiger partial charge >= 0.3 is 0 Å². The Hall–Kier alpha value is -1.48. The third-order valence-corrected chi connectivity index (χ3v) is 2.48. The van der Waals surface area contributed by atoms with Gasteiger partial charge in [0.05, 0.1) is 13.7 Å². The maximum absolute atomic E-state index is 9.21. The molecule has 0 unspecified atom stereocenters. The molecule has 2 N–H and O–H groups in total. The molecule has 1 aromatic heterocycles. The molecular formula is C11H13NO2. The number of aliphatic hydroxyl groups excluding tert-OH is 1. The van der Waals surface area contributed by atoms with Gasteiger partial charge in [-0.2, -0.15) is 0 Å². The highest BCUT2D eigenvalue weighted by atomic mass is 16.5. The number of H-pyrrole nitrogens is 1. The van der Waals surface area contributed by atoms with E-state index in [-0.39, 0.29) is 6.61 Å². The summed E-state index contributed by atoms with van der Waals surface area (Å²) in [6.45, 7) is 2.01. The number of hydrogen-bond donors (Lipinski definition) is 2. The first-order valence-corrected chi connectivity index (χ1v) is 4.52. The molecule has 0 radical (unpaired) electrons. The van der Waals surface area contributed by atoms with E-state index in [0.717, 1.165) is 27.9 Å². The van der Waals surface area contributed by atoms with Crippen LogP contribution >= 0.6 is 0 Å². The zero-order chi connectivity index (χ0) is 10.1. The Morgan fingerprint density at radius 3 is 2.86 bits per heavy atom. The summed E-state index contributed by atoms with van der Waals surface area (Å²) >= 11 is 0. The fourth-order valence-electron chi connectivity index (χ4n) is 1.69. The second-order valence-corrected chi connectivity index (χ2v) is 3.30. The van der Waals surface area contributed by atoms with Crippen LogP contribution in [0, 0.1) is 6.92 Å². The summed E-state index contributed by atoms with van der Waals surface area (Å²) in [6.07, 6.45) is 0. The molecule has 14 heavy (non-hydrogen) atoms. The molecule has 0 aliphatic rings. The van der Waals surface area contributed by atoms with E-state index >= 15 is 0 Å². The first-order chi connectivity index (χ1) is 6.76. The van der Waals surface area contributed by atoms with E-state index in [1.807, 2.05) is 25.1 Å². The lowest BCUT2D eigenvalue weighted by molar-refractivity contribution is 0.282. The molecule has 3 heteroatoms. The van der Waals surface area contributed by atoms with Crippen molar-refractivity contribution in [1.29, 1.82) is 0 Å². The molecule has 0 atom stereocenters. The van der Waals surface area contributed by atoms with E-state index < -0.39 is 0 Å². The number of methoxy groups -OCH3 is 1. The minimum absolute atomic E-state index is 0.0546. The van der Waals surface area contributed by atoms with Crippen LogP contribution in [0.3, 0.4) is 0 Å². The molecule has 0 saturated heterocycles. The summed E-state index contributed by atoms with van der Waals surface area (Å²) < 4.78 is 5.14. The Kier molecular flexibility index (Phi) is 2.17. The molecule has 0 aliphatic heterocycles. The van der Waals surface area contributed by atoms with Crippen molar-refractivity contribution in [3.63, 3.8) is 0 Å². The molecule has 0 saturated carbocycles. The third kappa shape index (κ3) is 1.26. The van der Waals surface area contributed by atoms with Gasteiger partial charge < -0.3 is 14.8 Å². The molecule has 1 aromatic carbocycles. The lowest BCUT2D eigenvalue weighted by atomic mass is 10.1. The Bertz CT molecular complexity index is 460. The summed E-state index contributed by atoms with van der Waals surface area (Å²) in [5, 5.41) is 10.2. The number of ether oxygens (including phenoxy) is 1. The van der Waals surface area contributed by atoms with E-state index in [9.17, 15) is 5.11 Å². The molecule has 2 aromatic rings. The summed E-state index contributed by atoms with van der Waals surface area (Å²) in [5.74, 6) is 0.811. The molecule has 0 bridgehead atoms. The summed E-state index contributed by atoms with van der Waals surface area (Å²) in [6, 6.07) is 5.80. The average molecular weight is 191 g/mol. The van der Waals surface area contributed by atoms with E-state index in [2.05, 4.69) is 4.98 Å². The topological polar surface area (TPSA) is 45.2 Å². The summed E-state index contributed by atoms with van der Waals surface area (Å²) in [4.78, 5) is 3.21. The van der Waals surface area contributed by atoms with Crippen molar-refractivity contribution in [2.45, 2.75) is 13.5 Å². The molecule has 0 aliphatic carbocycles. The van der Waals surface area contributed by atoms with Crippen LogP contribution in [0.4, 0.5) is 0 Å². The minimum Gasteiger partial charge on any atom is -0.497 e. The van der Waals surface area contributed by atoms with Crippen LogP contribution in [0.15, 0.2) is 18.2 Å². The maximum atomic E-state index is 9.21. The lowest BCUT2D eigenvalue weighted by Gasteiger charge is -1.99. The highest BCUT2D eigenvalue weighted by molar-refractivity contribution is 5.85. The van der Waals surface area contributed by atoms with Crippen molar-refractivity contribution in [1.82, 2.24) is 4.98 Å². The van der Waals surface area contributed by atoms with E-state index in [1.165, 1.54) is 0 Å². The van der Waals surface area contributed by atoms with Gasteiger partial charge in [0.15, 0.2) is 0 Å². The molecule has 1 heterocycles. The van der Waals surface area contributed by atoms with E-state index in [1.54, 1.807) is 7.11 Å². The van der Waals surface area contributed by atoms with E-state index in [0.29, 0.717) is 0 Å². The minimum atomic E-state index is 0.0546. The van der Waals surface area contributed by atoms with Crippen LogP contribution in [-0.4, -0.2) is 17.2 Å². The second kappa shape index (κ2) is 3.35. The van der Waals surface area contributed by atoms with Crippen LogP contribution in [-0.2, 0) is 6.61 Å². The van der Waals surface area contributed by atoms with Crippen molar-refractivity contribution < 1.29 is 9.84 Å². The highest BCUT2D eigenvalue weighted by Crippen LogP contribution is 2.26. The molecular weight excluding hydrogens is 178 g/mol. The van der Waals surface area contributed by atoms with Gasteiger partial charge in [-0.1, -0.05) is 0 Å². The number of fused-ring (bicyclic) bond motifs is 1. The molecule has 0 spiro atoms. The van der Waals surface area contributed by atoms with Crippen LogP contribution < -0.4 is 4.74 Å². The molecule has 74 valence electrons. The smallest absolute Gasteiger partial charge is 0.119 e. The predicted octanol–water partition coefficient (Wildman–Crippen LogP) is 1.98. The van der Waals surface area contributed by atoms with Crippen LogP contribution in [0.25, 0.3) is 10.9 Å². The summed E-state index contributed by atoms with van der Waals surface area (Å²) in [5.41, 5.74) is 2.99. The van der Waals surface area contributed by atoms with Crippen molar-refractivity contribution in [2.75, 3.05) is 7.11 Å². The first kappa shape index (κ1) is 9.09. The average Bonchev–Trinajstić information content (AvgIpc) is 2.52. The van der Waals surface area contributed by atoms with Gasteiger partial charge in [0.1, 0.15) is 5.75 Å². The number of aromatic nitrogens is 1. The zero-order valence-electron chi connectivity index (χ0n) is 8.29. The normalized spacial score (nSPS) is 10.8. The Morgan fingerprint density at radius 1 is 1.43 bits per heavy atom. The van der Waals surface area contributed by atoms with Crippen LogP contribution in [0.1, 0.15) is 11.3 Å². The molecule has 0 fully saturated rings. The number of aliphatic hydroxyl groups is 1. The van der Waals surface area contributed by atoms with E-state index in [4.69, 9.17) is 4.74 Å². The number of hydrogen-bond acceptors (Lipinski definition) is 2. The van der Waals surface area contributed by atoms with Gasteiger partial charge in [0.25, 0.3) is 0 Å². The number of nitrogens with one attached hydrogen (secondary N) is 1. The third-order valence-electron chi connectivity index (χ3n) is 2.48. The van der Waals surface area contributed by atoms with Crippen molar-refractivity contribution in [3.05, 3.63) is 29.5 Å². The monoisotopic (exact) mass is 191 g/mol. The van der Waals surface area contributed by atoms with Crippen molar-refractivity contribution in [2.24, 2.45) is 0 Å². The Labute approximate surface area is 82.3 Å². The Morgan fingerprint density at radius 2 is 2.21 bits per heavy atom. The fraction of sp³-hybridized carbons (Fsp3) is 0.273.